The maximum atomic E-state index is 12.2. The average Bonchev–Trinajstić information content (AvgIpc) is 2.89. The van der Waals surface area contributed by atoms with E-state index in [0.717, 1.165) is 11.1 Å². The molecule has 0 spiro atoms. The number of nitrogens with zero attached hydrogens (tertiary/aromatic N) is 2. The summed E-state index contributed by atoms with van der Waals surface area (Å²) in [5, 5.41) is 3.81. The molecule has 3 rings (SSSR count). The summed E-state index contributed by atoms with van der Waals surface area (Å²) in [6.45, 7) is 1.99. The van der Waals surface area contributed by atoms with Gasteiger partial charge < -0.3 is 4.74 Å². The lowest BCUT2D eigenvalue weighted by atomic mass is 10.1. The van der Waals surface area contributed by atoms with Crippen molar-refractivity contribution >= 4 is 0 Å². The SMILES string of the molecule is Cc1ccccc1-c1noc(=O)n1Cc1ccc(OC(F)(F)F)cc1. The van der Waals surface area contributed by atoms with Gasteiger partial charge >= 0.3 is 12.1 Å². The van der Waals surface area contributed by atoms with Gasteiger partial charge in [-0.25, -0.2) is 4.79 Å². The molecule has 0 amide bonds. The van der Waals surface area contributed by atoms with Crippen LogP contribution in [0.25, 0.3) is 11.4 Å². The van der Waals surface area contributed by atoms with Gasteiger partial charge in [-0.2, -0.15) is 0 Å². The van der Waals surface area contributed by atoms with Crippen LogP contribution in [0.1, 0.15) is 11.1 Å². The van der Waals surface area contributed by atoms with Crippen LogP contribution in [0.4, 0.5) is 13.2 Å². The highest BCUT2D eigenvalue weighted by atomic mass is 19.4. The third-order valence-electron chi connectivity index (χ3n) is 3.57. The van der Waals surface area contributed by atoms with Gasteiger partial charge in [0.25, 0.3) is 0 Å². The smallest absolute Gasteiger partial charge is 0.406 e. The molecule has 0 saturated carbocycles. The zero-order chi connectivity index (χ0) is 18.0. The average molecular weight is 350 g/mol. The highest BCUT2D eigenvalue weighted by Crippen LogP contribution is 2.24. The van der Waals surface area contributed by atoms with Crippen molar-refractivity contribution in [3.05, 3.63) is 70.2 Å². The van der Waals surface area contributed by atoms with Crippen molar-refractivity contribution in [1.29, 1.82) is 0 Å². The van der Waals surface area contributed by atoms with Gasteiger partial charge in [0, 0.05) is 5.56 Å². The molecule has 0 unspecified atom stereocenters. The van der Waals surface area contributed by atoms with Gasteiger partial charge in [0.2, 0.25) is 0 Å². The van der Waals surface area contributed by atoms with Crippen LogP contribution >= 0.6 is 0 Å². The lowest BCUT2D eigenvalue weighted by Crippen LogP contribution is -2.18. The van der Waals surface area contributed by atoms with Gasteiger partial charge in [-0.3, -0.25) is 9.09 Å². The first-order chi connectivity index (χ1) is 11.8. The van der Waals surface area contributed by atoms with Crippen molar-refractivity contribution in [2.75, 3.05) is 0 Å². The van der Waals surface area contributed by atoms with Crippen LogP contribution in [-0.2, 0) is 6.54 Å². The van der Waals surface area contributed by atoms with Crippen molar-refractivity contribution in [3.8, 4) is 17.1 Å². The summed E-state index contributed by atoms with van der Waals surface area (Å²) in [5.41, 5.74) is 2.26. The minimum atomic E-state index is -4.75. The predicted molar refractivity (Wildman–Crippen MR) is 83.2 cm³/mol. The van der Waals surface area contributed by atoms with E-state index in [-0.39, 0.29) is 12.3 Å². The number of aromatic nitrogens is 2. The molecule has 5 nitrogen and oxygen atoms in total. The Labute approximate surface area is 140 Å². The molecule has 0 aliphatic rings. The minimum Gasteiger partial charge on any atom is -0.406 e. The highest BCUT2D eigenvalue weighted by molar-refractivity contribution is 5.59. The molecule has 0 bridgehead atoms. The molecule has 0 aliphatic carbocycles. The molecule has 0 saturated heterocycles. The second-order valence-corrected chi connectivity index (χ2v) is 5.36. The van der Waals surface area contributed by atoms with E-state index >= 15 is 0 Å². The first-order valence-corrected chi connectivity index (χ1v) is 7.31. The Morgan fingerprint density at radius 1 is 1.12 bits per heavy atom. The van der Waals surface area contributed by atoms with Gasteiger partial charge in [0.15, 0.2) is 5.82 Å². The van der Waals surface area contributed by atoms with Crippen LogP contribution in [-0.4, -0.2) is 16.1 Å². The Hall–Kier alpha value is -3.03. The number of ether oxygens (including phenoxy) is 1. The first-order valence-electron chi connectivity index (χ1n) is 7.31. The molecular formula is C17H13F3N2O3. The fourth-order valence-electron chi connectivity index (χ4n) is 2.40. The summed E-state index contributed by atoms with van der Waals surface area (Å²) in [4.78, 5) is 11.9. The van der Waals surface area contributed by atoms with Gasteiger partial charge in [0.05, 0.1) is 6.54 Å². The Morgan fingerprint density at radius 3 is 2.44 bits per heavy atom. The van der Waals surface area contributed by atoms with E-state index in [1.165, 1.54) is 28.8 Å². The zero-order valence-corrected chi connectivity index (χ0v) is 13.1. The van der Waals surface area contributed by atoms with Crippen molar-refractivity contribution in [2.24, 2.45) is 0 Å². The third kappa shape index (κ3) is 3.90. The standard InChI is InChI=1S/C17H13F3N2O3/c1-11-4-2-3-5-14(11)15-21-25-16(23)22(15)10-12-6-8-13(9-7-12)24-17(18,19)20/h2-9H,10H2,1H3. The zero-order valence-electron chi connectivity index (χ0n) is 13.1. The predicted octanol–water partition coefficient (Wildman–Crippen LogP) is 3.76. The Kier molecular flexibility index (Phi) is 4.35. The maximum absolute atomic E-state index is 12.2. The normalized spacial score (nSPS) is 11.5. The van der Waals surface area contributed by atoms with Crippen molar-refractivity contribution in [2.45, 2.75) is 19.8 Å². The topological polar surface area (TPSA) is 57.3 Å². The number of hydrogen-bond donors (Lipinski definition) is 0. The fraction of sp³-hybridized carbons (Fsp3) is 0.176. The van der Waals surface area contributed by atoms with E-state index in [0.29, 0.717) is 11.4 Å². The summed E-state index contributed by atoms with van der Waals surface area (Å²) in [5.74, 6) is -0.611. The fourth-order valence-corrected chi connectivity index (χ4v) is 2.40. The van der Waals surface area contributed by atoms with E-state index in [9.17, 15) is 18.0 Å². The second-order valence-electron chi connectivity index (χ2n) is 5.36. The third-order valence-corrected chi connectivity index (χ3v) is 3.57. The number of benzene rings is 2. The molecule has 25 heavy (non-hydrogen) atoms. The molecule has 3 aromatic rings. The Balaban J connectivity index is 1.88. The second kappa shape index (κ2) is 6.46. The van der Waals surface area contributed by atoms with E-state index < -0.39 is 12.1 Å². The van der Waals surface area contributed by atoms with Crippen LogP contribution in [0.5, 0.6) is 5.75 Å². The molecule has 2 aromatic carbocycles. The first kappa shape index (κ1) is 16.8. The van der Waals surface area contributed by atoms with Crippen molar-refractivity contribution < 1.29 is 22.4 Å². The van der Waals surface area contributed by atoms with Gasteiger partial charge in [-0.15, -0.1) is 13.2 Å². The van der Waals surface area contributed by atoms with E-state index in [4.69, 9.17) is 4.52 Å². The molecule has 1 heterocycles. The molecule has 8 heteroatoms. The van der Waals surface area contributed by atoms with E-state index in [2.05, 4.69) is 9.89 Å². The minimum absolute atomic E-state index is 0.109. The van der Waals surface area contributed by atoms with Crippen LogP contribution in [0.15, 0.2) is 57.8 Å². The van der Waals surface area contributed by atoms with Crippen LogP contribution in [0.2, 0.25) is 0 Å². The van der Waals surface area contributed by atoms with Gasteiger partial charge in [-0.1, -0.05) is 41.6 Å². The lowest BCUT2D eigenvalue weighted by molar-refractivity contribution is -0.274. The Bertz CT molecular complexity index is 927. The Morgan fingerprint density at radius 2 is 1.80 bits per heavy atom. The van der Waals surface area contributed by atoms with Crippen molar-refractivity contribution in [3.63, 3.8) is 0 Å². The largest absolute Gasteiger partial charge is 0.573 e. The highest BCUT2D eigenvalue weighted by Gasteiger charge is 2.31. The molecule has 130 valence electrons. The molecule has 1 aromatic heterocycles. The summed E-state index contributed by atoms with van der Waals surface area (Å²) >= 11 is 0. The number of hydrogen-bond acceptors (Lipinski definition) is 4. The molecule has 0 atom stereocenters. The molecule has 0 aliphatic heterocycles. The van der Waals surface area contributed by atoms with E-state index in [1.807, 2.05) is 31.2 Å². The number of aryl methyl sites for hydroxylation is 1. The summed E-state index contributed by atoms with van der Waals surface area (Å²) < 4.78 is 46.5. The summed E-state index contributed by atoms with van der Waals surface area (Å²) in [7, 11) is 0. The quantitative estimate of drug-likeness (QED) is 0.719. The number of halogens is 3. The van der Waals surface area contributed by atoms with Crippen molar-refractivity contribution in [1.82, 2.24) is 9.72 Å². The summed E-state index contributed by atoms with van der Waals surface area (Å²) in [6.07, 6.45) is -4.75. The lowest BCUT2D eigenvalue weighted by Gasteiger charge is -2.10. The van der Waals surface area contributed by atoms with Crippen LogP contribution in [0.3, 0.4) is 0 Å². The van der Waals surface area contributed by atoms with Gasteiger partial charge in [0.1, 0.15) is 5.75 Å². The molecule has 0 radical (unpaired) electrons. The van der Waals surface area contributed by atoms with E-state index in [1.54, 1.807) is 0 Å². The summed E-state index contributed by atoms with van der Waals surface area (Å²) in [6, 6.07) is 12.6. The maximum Gasteiger partial charge on any atom is 0.573 e. The number of alkyl halides is 3. The van der Waals surface area contributed by atoms with Crippen LogP contribution < -0.4 is 10.5 Å². The molecule has 0 fully saturated rings. The molecular weight excluding hydrogens is 337 g/mol. The van der Waals surface area contributed by atoms with Gasteiger partial charge in [-0.05, 0) is 30.2 Å². The molecule has 0 N–H and O–H groups in total. The monoisotopic (exact) mass is 350 g/mol. The van der Waals surface area contributed by atoms with Crippen LogP contribution in [0, 0.1) is 6.92 Å². The number of rotatable bonds is 4.